The molecule has 0 atom stereocenters. The highest BCUT2D eigenvalue weighted by atomic mass is 15.2. The molecule has 8 aromatic rings. The molecule has 40 heavy (non-hydrogen) atoms. The van der Waals surface area contributed by atoms with Gasteiger partial charge in [0.25, 0.3) is 0 Å². The van der Waals surface area contributed by atoms with Crippen molar-refractivity contribution in [3.8, 4) is 23.0 Å². The fourth-order valence-electron chi connectivity index (χ4n) is 6.04. The summed E-state index contributed by atoms with van der Waals surface area (Å²) in [6.07, 6.45) is 0.971. The zero-order valence-electron chi connectivity index (χ0n) is 22.1. The maximum atomic E-state index is 5.30. The molecule has 190 valence electrons. The van der Waals surface area contributed by atoms with Crippen LogP contribution in [0.5, 0.6) is 0 Å². The summed E-state index contributed by atoms with van der Waals surface area (Å²) in [6, 6.07) is 45.0. The highest BCUT2D eigenvalue weighted by molar-refractivity contribution is 6.10. The van der Waals surface area contributed by atoms with E-state index < -0.39 is 0 Å². The Morgan fingerprint density at radius 2 is 1.00 bits per heavy atom. The predicted octanol–water partition coefficient (Wildman–Crippen LogP) is 8.90. The fraction of sp³-hybridized carbons (Fsp3) is 0.0556. The Bertz CT molecular complexity index is 1980. The van der Waals surface area contributed by atoms with E-state index in [1.165, 1.54) is 27.1 Å². The fourth-order valence-corrected chi connectivity index (χ4v) is 6.04. The molecule has 0 aliphatic rings. The van der Waals surface area contributed by atoms with Gasteiger partial charge >= 0.3 is 0 Å². The summed E-state index contributed by atoms with van der Waals surface area (Å²) in [5, 5.41) is 4.81. The Morgan fingerprint density at radius 1 is 0.500 bits per heavy atom. The molecular formula is C36H26N4. The Balaban J connectivity index is 1.50. The lowest BCUT2D eigenvalue weighted by atomic mass is 10.1. The van der Waals surface area contributed by atoms with Gasteiger partial charge < -0.3 is 0 Å². The van der Waals surface area contributed by atoms with Crippen molar-refractivity contribution < 1.29 is 0 Å². The average Bonchev–Trinajstić information content (AvgIpc) is 3.54. The van der Waals surface area contributed by atoms with Crippen molar-refractivity contribution >= 4 is 43.6 Å². The number of benzene rings is 5. The van der Waals surface area contributed by atoms with Crippen LogP contribution < -0.4 is 0 Å². The minimum absolute atomic E-state index is 0.661. The minimum atomic E-state index is 0.661. The number of para-hydroxylation sites is 4. The van der Waals surface area contributed by atoms with Crippen LogP contribution in [-0.4, -0.2) is 19.1 Å². The lowest BCUT2D eigenvalue weighted by molar-refractivity contribution is 0.952. The van der Waals surface area contributed by atoms with Gasteiger partial charge in [0.15, 0.2) is 0 Å². The van der Waals surface area contributed by atoms with Crippen molar-refractivity contribution in [2.75, 3.05) is 0 Å². The van der Waals surface area contributed by atoms with Crippen molar-refractivity contribution in [3.63, 3.8) is 0 Å². The second-order valence-electron chi connectivity index (χ2n) is 10.2. The van der Waals surface area contributed by atoms with Gasteiger partial charge in [0.1, 0.15) is 5.82 Å². The number of aryl methyl sites for hydroxylation is 1. The van der Waals surface area contributed by atoms with Gasteiger partial charge in [-0.25, -0.2) is 4.98 Å². The Labute approximate surface area is 231 Å². The second-order valence-corrected chi connectivity index (χ2v) is 10.2. The summed E-state index contributed by atoms with van der Waals surface area (Å²) in [6.45, 7) is 2.19. The van der Waals surface area contributed by atoms with Crippen LogP contribution in [0.1, 0.15) is 12.5 Å². The number of rotatable bonds is 4. The number of fused-ring (bicyclic) bond motifs is 6. The highest BCUT2D eigenvalue weighted by Gasteiger charge is 2.19. The van der Waals surface area contributed by atoms with Gasteiger partial charge in [0, 0.05) is 33.2 Å². The van der Waals surface area contributed by atoms with E-state index in [0.29, 0.717) is 5.95 Å². The lowest BCUT2D eigenvalue weighted by Crippen LogP contribution is -2.07. The molecule has 3 heterocycles. The van der Waals surface area contributed by atoms with Crippen LogP contribution in [0.4, 0.5) is 0 Å². The number of hydrogen-bond acceptors (Lipinski definition) is 2. The third-order valence-electron chi connectivity index (χ3n) is 7.92. The van der Waals surface area contributed by atoms with Crippen molar-refractivity contribution in [3.05, 3.63) is 133 Å². The quantitative estimate of drug-likeness (QED) is 0.235. The maximum absolute atomic E-state index is 5.30. The summed E-state index contributed by atoms with van der Waals surface area (Å²) < 4.78 is 4.48. The van der Waals surface area contributed by atoms with E-state index >= 15 is 0 Å². The molecule has 3 aromatic heterocycles. The van der Waals surface area contributed by atoms with E-state index in [1.54, 1.807) is 0 Å². The van der Waals surface area contributed by atoms with E-state index in [9.17, 15) is 0 Å². The van der Waals surface area contributed by atoms with Crippen LogP contribution >= 0.6 is 0 Å². The largest absolute Gasteiger partial charge is 0.294 e. The molecule has 4 nitrogen and oxygen atoms in total. The summed E-state index contributed by atoms with van der Waals surface area (Å²) in [4.78, 5) is 10.5. The molecule has 0 radical (unpaired) electrons. The first-order valence-corrected chi connectivity index (χ1v) is 13.8. The topological polar surface area (TPSA) is 35.6 Å². The van der Waals surface area contributed by atoms with Gasteiger partial charge in [-0.15, -0.1) is 0 Å². The lowest BCUT2D eigenvalue weighted by Gasteiger charge is -2.14. The van der Waals surface area contributed by atoms with E-state index in [0.717, 1.165) is 45.6 Å². The molecule has 0 aliphatic carbocycles. The van der Waals surface area contributed by atoms with Crippen molar-refractivity contribution in [1.82, 2.24) is 19.1 Å². The van der Waals surface area contributed by atoms with Crippen molar-refractivity contribution in [2.45, 2.75) is 13.3 Å². The summed E-state index contributed by atoms with van der Waals surface area (Å²) in [7, 11) is 0. The molecule has 0 N–H and O–H groups in total. The molecule has 0 spiro atoms. The zero-order valence-corrected chi connectivity index (χ0v) is 22.1. The summed E-state index contributed by atoms with van der Waals surface area (Å²) >= 11 is 0. The third kappa shape index (κ3) is 3.39. The average molecular weight is 515 g/mol. The van der Waals surface area contributed by atoms with Crippen LogP contribution in [0.15, 0.2) is 127 Å². The number of nitrogens with zero attached hydrogens (tertiary/aromatic N) is 4. The zero-order chi connectivity index (χ0) is 26.6. The van der Waals surface area contributed by atoms with E-state index in [2.05, 4.69) is 143 Å². The molecule has 0 unspecified atom stereocenters. The van der Waals surface area contributed by atoms with Gasteiger partial charge in [0.2, 0.25) is 5.95 Å². The maximum Gasteiger partial charge on any atom is 0.237 e. The number of hydrogen-bond donors (Lipinski definition) is 0. The first kappa shape index (κ1) is 22.7. The monoisotopic (exact) mass is 514 g/mol. The third-order valence-corrected chi connectivity index (χ3v) is 7.92. The van der Waals surface area contributed by atoms with E-state index in [-0.39, 0.29) is 0 Å². The standard InChI is InChI=1S/C36H26N4/c1-2-24-12-11-13-25(22-24)30-23-35(39-31-18-7-3-14-26(31)27-15-4-8-19-32(27)39)38-36(37-30)40-33-20-9-5-16-28(33)29-17-6-10-21-34(29)40/h3-23H,2H2,1H3. The van der Waals surface area contributed by atoms with Crippen molar-refractivity contribution in [2.24, 2.45) is 0 Å². The SMILES string of the molecule is CCc1cccc(-c2cc(-n3c4ccccc4c4ccccc43)nc(-n3c4ccccc4c4ccccc43)n2)c1. The summed E-state index contributed by atoms with van der Waals surface area (Å²) in [5.74, 6) is 1.51. The molecule has 5 aromatic carbocycles. The second kappa shape index (κ2) is 8.92. The van der Waals surface area contributed by atoms with Gasteiger partial charge in [-0.1, -0.05) is 97.9 Å². The van der Waals surface area contributed by atoms with Crippen LogP contribution in [-0.2, 0) is 6.42 Å². The van der Waals surface area contributed by atoms with Crippen LogP contribution in [0.2, 0.25) is 0 Å². The molecule has 0 amide bonds. The van der Waals surface area contributed by atoms with Gasteiger partial charge in [-0.3, -0.25) is 9.13 Å². The predicted molar refractivity (Wildman–Crippen MR) is 166 cm³/mol. The Hall–Kier alpha value is -5.22. The molecule has 0 saturated heterocycles. The number of aromatic nitrogens is 4. The van der Waals surface area contributed by atoms with Gasteiger partial charge in [-0.2, -0.15) is 4.98 Å². The van der Waals surface area contributed by atoms with Gasteiger partial charge in [-0.05, 0) is 42.3 Å². The Morgan fingerprint density at radius 3 is 1.52 bits per heavy atom. The van der Waals surface area contributed by atoms with E-state index in [1.807, 2.05) is 0 Å². The van der Waals surface area contributed by atoms with Crippen LogP contribution in [0, 0.1) is 0 Å². The normalized spacial score (nSPS) is 11.7. The first-order chi connectivity index (χ1) is 19.8. The smallest absolute Gasteiger partial charge is 0.237 e. The molecule has 4 heteroatoms. The molecular weight excluding hydrogens is 488 g/mol. The molecule has 0 aliphatic heterocycles. The highest BCUT2D eigenvalue weighted by Crippen LogP contribution is 2.35. The molecule has 0 bridgehead atoms. The van der Waals surface area contributed by atoms with Crippen LogP contribution in [0.25, 0.3) is 66.6 Å². The molecule has 8 rings (SSSR count). The molecule has 0 fully saturated rings. The minimum Gasteiger partial charge on any atom is -0.294 e. The van der Waals surface area contributed by atoms with E-state index in [4.69, 9.17) is 9.97 Å². The van der Waals surface area contributed by atoms with Crippen LogP contribution in [0.3, 0.4) is 0 Å². The first-order valence-electron chi connectivity index (χ1n) is 13.8. The van der Waals surface area contributed by atoms with Crippen molar-refractivity contribution in [1.29, 1.82) is 0 Å². The Kier molecular flexibility index (Phi) is 5.07. The van der Waals surface area contributed by atoms with Gasteiger partial charge in [0.05, 0.1) is 27.8 Å². The molecule has 0 saturated carbocycles. The summed E-state index contributed by atoms with van der Waals surface area (Å²) in [5.41, 5.74) is 7.72.